The number of nitrogens with zero attached hydrogens (tertiary/aromatic N) is 2. The van der Waals surface area contributed by atoms with Gasteiger partial charge in [0.1, 0.15) is 5.82 Å². The lowest BCUT2D eigenvalue weighted by Gasteiger charge is -2.40. The fourth-order valence-electron chi connectivity index (χ4n) is 2.68. The van der Waals surface area contributed by atoms with Gasteiger partial charge in [0.05, 0.1) is 11.4 Å². The van der Waals surface area contributed by atoms with Crippen LogP contribution in [0.5, 0.6) is 0 Å². The Labute approximate surface area is 107 Å². The van der Waals surface area contributed by atoms with Gasteiger partial charge in [-0.25, -0.2) is 9.97 Å². The Morgan fingerprint density at radius 3 is 2.89 bits per heavy atom. The molecular weight excluding hydrogens is 224 g/mol. The Bertz CT molecular complexity index is 514. The molecule has 4 nitrogen and oxygen atoms in total. The maximum Gasteiger partial charge on any atom is 0.136 e. The molecule has 2 N–H and O–H groups in total. The van der Waals surface area contributed by atoms with E-state index in [1.54, 1.807) is 0 Å². The van der Waals surface area contributed by atoms with Crippen LogP contribution in [0.4, 0.5) is 0 Å². The second-order valence-corrected chi connectivity index (χ2v) is 5.01. The highest BCUT2D eigenvalue weighted by Gasteiger charge is 2.40. The lowest BCUT2D eigenvalue weighted by atomic mass is 9.68. The Morgan fingerprint density at radius 1 is 1.39 bits per heavy atom. The molecule has 0 bridgehead atoms. The van der Waals surface area contributed by atoms with E-state index in [1.165, 1.54) is 19.3 Å². The minimum Gasteiger partial charge on any atom is -0.360 e. The highest BCUT2D eigenvalue weighted by molar-refractivity contribution is 5.53. The van der Waals surface area contributed by atoms with Crippen molar-refractivity contribution in [2.45, 2.75) is 24.7 Å². The molecule has 3 rings (SSSR count). The lowest BCUT2D eigenvalue weighted by Crippen LogP contribution is -2.44. The van der Waals surface area contributed by atoms with Crippen molar-refractivity contribution >= 4 is 0 Å². The van der Waals surface area contributed by atoms with Crippen LogP contribution in [0.3, 0.4) is 0 Å². The van der Waals surface area contributed by atoms with Gasteiger partial charge in [0.2, 0.25) is 0 Å². The van der Waals surface area contributed by atoms with E-state index in [0.29, 0.717) is 0 Å². The normalized spacial score (nSPS) is 17.4. The summed E-state index contributed by atoms with van der Waals surface area (Å²) >= 11 is 0. The van der Waals surface area contributed by atoms with Crippen LogP contribution in [0, 0.1) is 0 Å². The van der Waals surface area contributed by atoms with E-state index in [0.717, 1.165) is 23.8 Å². The van der Waals surface area contributed by atoms with Crippen molar-refractivity contribution in [3.05, 3.63) is 36.4 Å². The van der Waals surface area contributed by atoms with Gasteiger partial charge >= 0.3 is 0 Å². The number of H-pyrrole nitrogens is 1. The second kappa shape index (κ2) is 4.53. The summed E-state index contributed by atoms with van der Waals surface area (Å²) in [6.45, 7) is 0.960. The topological polar surface area (TPSA) is 53.6 Å². The Kier molecular flexibility index (Phi) is 2.88. The first-order valence-electron chi connectivity index (χ1n) is 6.46. The third kappa shape index (κ3) is 1.82. The maximum atomic E-state index is 4.75. The van der Waals surface area contributed by atoms with E-state index in [-0.39, 0.29) is 5.41 Å². The summed E-state index contributed by atoms with van der Waals surface area (Å²) in [7, 11) is 1.99. The van der Waals surface area contributed by atoms with Crippen molar-refractivity contribution in [1.82, 2.24) is 20.3 Å². The molecular formula is C14H18N4. The van der Waals surface area contributed by atoms with Gasteiger partial charge in [-0.3, -0.25) is 0 Å². The van der Waals surface area contributed by atoms with Crippen molar-refractivity contribution in [3.8, 4) is 11.4 Å². The Morgan fingerprint density at radius 2 is 2.28 bits per heavy atom. The van der Waals surface area contributed by atoms with Gasteiger partial charge in [0.25, 0.3) is 0 Å². The van der Waals surface area contributed by atoms with Crippen LogP contribution in [0.1, 0.15) is 25.1 Å². The van der Waals surface area contributed by atoms with E-state index < -0.39 is 0 Å². The molecule has 1 aliphatic carbocycles. The minimum absolute atomic E-state index is 0.150. The van der Waals surface area contributed by atoms with Crippen LogP contribution in [-0.2, 0) is 5.41 Å². The molecule has 2 heterocycles. The van der Waals surface area contributed by atoms with E-state index >= 15 is 0 Å². The molecule has 4 heteroatoms. The predicted molar refractivity (Wildman–Crippen MR) is 71.3 cm³/mol. The summed E-state index contributed by atoms with van der Waals surface area (Å²) in [4.78, 5) is 12.4. The molecule has 1 fully saturated rings. The van der Waals surface area contributed by atoms with Gasteiger partial charge in [0.15, 0.2) is 0 Å². The van der Waals surface area contributed by atoms with Crippen LogP contribution in [0.15, 0.2) is 30.6 Å². The van der Waals surface area contributed by atoms with Crippen molar-refractivity contribution < 1.29 is 0 Å². The summed E-state index contributed by atoms with van der Waals surface area (Å²) in [6, 6.07) is 5.99. The summed E-state index contributed by atoms with van der Waals surface area (Å²) in [5, 5.41) is 3.28. The first-order chi connectivity index (χ1) is 8.84. The van der Waals surface area contributed by atoms with E-state index in [4.69, 9.17) is 4.98 Å². The van der Waals surface area contributed by atoms with Crippen LogP contribution in [-0.4, -0.2) is 28.5 Å². The quantitative estimate of drug-likeness (QED) is 0.863. The van der Waals surface area contributed by atoms with Gasteiger partial charge in [-0.1, -0.05) is 6.42 Å². The number of rotatable bonds is 4. The predicted octanol–water partition coefficient (Wildman–Crippen LogP) is 2.11. The van der Waals surface area contributed by atoms with Crippen LogP contribution >= 0.6 is 0 Å². The van der Waals surface area contributed by atoms with Gasteiger partial charge in [-0.2, -0.15) is 0 Å². The average molecular weight is 242 g/mol. The summed E-state index contributed by atoms with van der Waals surface area (Å²) in [5.74, 6) is 0.982. The average Bonchev–Trinajstić information content (AvgIpc) is 2.88. The zero-order chi connectivity index (χ0) is 12.4. The van der Waals surface area contributed by atoms with Gasteiger partial charge in [0, 0.05) is 24.4 Å². The third-order valence-corrected chi connectivity index (χ3v) is 3.83. The number of hydrogen-bond donors (Lipinski definition) is 2. The standard InChI is InChI=1S/C14H18N4/c1-15-10-14(6-3-7-14)13-17-9-5-12(18-13)11-4-2-8-16-11/h2,4-5,8-9,15-16H,3,6-7,10H2,1H3. The molecule has 0 spiro atoms. The highest BCUT2D eigenvalue weighted by Crippen LogP contribution is 2.41. The molecule has 2 aromatic rings. The van der Waals surface area contributed by atoms with Crippen LogP contribution < -0.4 is 5.32 Å². The van der Waals surface area contributed by atoms with Crippen molar-refractivity contribution in [2.24, 2.45) is 0 Å². The van der Waals surface area contributed by atoms with Crippen molar-refractivity contribution in [2.75, 3.05) is 13.6 Å². The SMILES string of the molecule is CNCC1(c2nccc(-c3ccc[nH]3)n2)CCC1. The molecule has 1 aliphatic rings. The summed E-state index contributed by atoms with van der Waals surface area (Å²) in [6.07, 6.45) is 7.43. The zero-order valence-electron chi connectivity index (χ0n) is 10.6. The van der Waals surface area contributed by atoms with Gasteiger partial charge < -0.3 is 10.3 Å². The molecule has 0 radical (unpaired) electrons. The first-order valence-corrected chi connectivity index (χ1v) is 6.46. The van der Waals surface area contributed by atoms with Crippen molar-refractivity contribution in [1.29, 1.82) is 0 Å². The smallest absolute Gasteiger partial charge is 0.136 e. The van der Waals surface area contributed by atoms with E-state index in [2.05, 4.69) is 15.3 Å². The molecule has 94 valence electrons. The molecule has 0 unspecified atom stereocenters. The lowest BCUT2D eigenvalue weighted by molar-refractivity contribution is 0.225. The highest BCUT2D eigenvalue weighted by atomic mass is 15.0. The Balaban J connectivity index is 1.96. The van der Waals surface area contributed by atoms with Crippen LogP contribution in [0.25, 0.3) is 11.4 Å². The number of aromatic nitrogens is 3. The minimum atomic E-state index is 0.150. The molecule has 1 saturated carbocycles. The number of nitrogens with one attached hydrogen (secondary N) is 2. The molecule has 2 aromatic heterocycles. The molecule has 0 atom stereocenters. The van der Waals surface area contributed by atoms with Crippen molar-refractivity contribution in [3.63, 3.8) is 0 Å². The summed E-state index contributed by atoms with van der Waals surface area (Å²) < 4.78 is 0. The maximum absolute atomic E-state index is 4.75. The number of likely N-dealkylation sites (N-methyl/N-ethyl adjacent to an activating group) is 1. The fourth-order valence-corrected chi connectivity index (χ4v) is 2.68. The number of aromatic amines is 1. The Hall–Kier alpha value is -1.68. The fraction of sp³-hybridized carbons (Fsp3) is 0.429. The van der Waals surface area contributed by atoms with Crippen LogP contribution in [0.2, 0.25) is 0 Å². The molecule has 0 aliphatic heterocycles. The second-order valence-electron chi connectivity index (χ2n) is 5.01. The zero-order valence-corrected chi connectivity index (χ0v) is 10.6. The van der Waals surface area contributed by atoms with Gasteiger partial charge in [-0.05, 0) is 38.1 Å². The van der Waals surface area contributed by atoms with E-state index in [1.807, 2.05) is 37.6 Å². The van der Waals surface area contributed by atoms with E-state index in [9.17, 15) is 0 Å². The molecule has 0 aromatic carbocycles. The first kappa shape index (κ1) is 11.4. The largest absolute Gasteiger partial charge is 0.360 e. The molecule has 18 heavy (non-hydrogen) atoms. The summed E-state index contributed by atoms with van der Waals surface area (Å²) in [5.41, 5.74) is 2.18. The molecule has 0 amide bonds. The molecule has 0 saturated heterocycles. The monoisotopic (exact) mass is 242 g/mol. The van der Waals surface area contributed by atoms with Gasteiger partial charge in [-0.15, -0.1) is 0 Å². The third-order valence-electron chi connectivity index (χ3n) is 3.83. The number of hydrogen-bond acceptors (Lipinski definition) is 3.